The summed E-state index contributed by atoms with van der Waals surface area (Å²) in [6, 6.07) is 3.38. The van der Waals surface area contributed by atoms with E-state index in [1.165, 1.54) is 12.8 Å². The number of hydrogen-bond donors (Lipinski definition) is 1. The largest absolute Gasteiger partial charge is 0.469 e. The van der Waals surface area contributed by atoms with Gasteiger partial charge in [0.1, 0.15) is 5.76 Å². The second kappa shape index (κ2) is 5.00. The first-order valence-corrected chi connectivity index (χ1v) is 7.30. The molecule has 2 bridgehead atoms. The minimum Gasteiger partial charge on any atom is -0.469 e. The zero-order chi connectivity index (χ0) is 13.4. The average Bonchev–Trinajstić information content (AvgIpc) is 2.96. The number of fused-ring (bicyclic) bond motifs is 2. The van der Waals surface area contributed by atoms with Gasteiger partial charge in [-0.15, -0.1) is 0 Å². The smallest absolute Gasteiger partial charge is 0.257 e. The van der Waals surface area contributed by atoms with Crippen LogP contribution in [0, 0.1) is 6.92 Å². The lowest BCUT2D eigenvalue weighted by Gasteiger charge is -2.37. The highest BCUT2D eigenvalue weighted by Gasteiger charge is 2.37. The quantitative estimate of drug-likeness (QED) is 0.909. The number of nitrogens with zero attached hydrogens (tertiary/aromatic N) is 1. The van der Waals surface area contributed by atoms with Gasteiger partial charge in [0.25, 0.3) is 5.91 Å². The maximum atomic E-state index is 12.6. The van der Waals surface area contributed by atoms with Crippen molar-refractivity contribution in [3.63, 3.8) is 0 Å². The van der Waals surface area contributed by atoms with Gasteiger partial charge >= 0.3 is 0 Å². The molecule has 2 aliphatic rings. The first kappa shape index (κ1) is 12.7. The summed E-state index contributed by atoms with van der Waals surface area (Å²) < 4.78 is 5.26. The van der Waals surface area contributed by atoms with Crippen LogP contribution in [0.1, 0.15) is 48.7 Å². The molecule has 0 saturated carbocycles. The Morgan fingerprint density at radius 2 is 2.11 bits per heavy atom. The monoisotopic (exact) mass is 262 g/mol. The van der Waals surface area contributed by atoms with E-state index in [-0.39, 0.29) is 5.91 Å². The molecule has 1 aromatic rings. The van der Waals surface area contributed by atoms with Crippen LogP contribution < -0.4 is 5.32 Å². The van der Waals surface area contributed by atoms with Crippen molar-refractivity contribution in [2.75, 3.05) is 6.54 Å². The van der Waals surface area contributed by atoms with Crippen molar-refractivity contribution in [3.05, 3.63) is 23.7 Å². The first-order valence-electron chi connectivity index (χ1n) is 7.30. The van der Waals surface area contributed by atoms with Crippen molar-refractivity contribution in [1.29, 1.82) is 0 Å². The zero-order valence-electron chi connectivity index (χ0n) is 11.7. The summed E-state index contributed by atoms with van der Waals surface area (Å²) in [4.78, 5) is 14.7. The molecule has 4 heteroatoms. The molecule has 2 unspecified atom stereocenters. The number of rotatable bonds is 3. The van der Waals surface area contributed by atoms with Gasteiger partial charge in [0.2, 0.25) is 0 Å². The third-order valence-corrected chi connectivity index (χ3v) is 4.58. The Bertz CT molecular complexity index is 456. The first-order chi connectivity index (χ1) is 9.19. The van der Waals surface area contributed by atoms with Gasteiger partial charge in [-0.1, -0.05) is 0 Å². The molecule has 0 radical (unpaired) electrons. The lowest BCUT2D eigenvalue weighted by molar-refractivity contribution is 0.0629. The predicted octanol–water partition coefficient (Wildman–Crippen LogP) is 2.33. The lowest BCUT2D eigenvalue weighted by Crippen LogP contribution is -2.50. The Labute approximate surface area is 114 Å². The number of hydrogen-bond acceptors (Lipinski definition) is 3. The van der Waals surface area contributed by atoms with Gasteiger partial charge in [0.15, 0.2) is 0 Å². The van der Waals surface area contributed by atoms with E-state index in [4.69, 9.17) is 4.42 Å². The van der Waals surface area contributed by atoms with Crippen LogP contribution >= 0.6 is 0 Å². The van der Waals surface area contributed by atoms with E-state index in [1.54, 1.807) is 12.3 Å². The second-order valence-electron chi connectivity index (χ2n) is 5.74. The standard InChI is InChI=1S/C15H22N2O2/c1-3-17(15(18)14-6-7-19-10(14)2)13-8-11-4-5-12(9-13)16-11/h6-7,11-13,16H,3-5,8-9H2,1-2H3. The molecule has 19 heavy (non-hydrogen) atoms. The number of aryl methyl sites for hydroxylation is 1. The Kier molecular flexibility index (Phi) is 3.35. The van der Waals surface area contributed by atoms with Crippen molar-refractivity contribution >= 4 is 5.91 Å². The fourth-order valence-electron chi connectivity index (χ4n) is 3.61. The number of carbonyl (C=O) groups excluding carboxylic acids is 1. The van der Waals surface area contributed by atoms with Crippen molar-refractivity contribution in [3.8, 4) is 0 Å². The summed E-state index contributed by atoms with van der Waals surface area (Å²) >= 11 is 0. The molecule has 0 aromatic carbocycles. The topological polar surface area (TPSA) is 45.5 Å². The number of nitrogens with one attached hydrogen (secondary N) is 1. The van der Waals surface area contributed by atoms with Crippen molar-refractivity contribution < 1.29 is 9.21 Å². The van der Waals surface area contributed by atoms with E-state index in [0.717, 1.165) is 25.1 Å². The summed E-state index contributed by atoms with van der Waals surface area (Å²) in [7, 11) is 0. The number of amides is 1. The number of carbonyl (C=O) groups is 1. The van der Waals surface area contributed by atoms with E-state index in [1.807, 2.05) is 11.8 Å². The highest BCUT2D eigenvalue weighted by molar-refractivity contribution is 5.95. The lowest BCUT2D eigenvalue weighted by atomic mass is 9.97. The highest BCUT2D eigenvalue weighted by atomic mass is 16.3. The molecule has 104 valence electrons. The highest BCUT2D eigenvalue weighted by Crippen LogP contribution is 2.30. The van der Waals surface area contributed by atoms with Crippen LogP contribution in [0.3, 0.4) is 0 Å². The van der Waals surface area contributed by atoms with Crippen molar-refractivity contribution in [1.82, 2.24) is 10.2 Å². The maximum absolute atomic E-state index is 12.6. The van der Waals surface area contributed by atoms with Gasteiger partial charge < -0.3 is 14.6 Å². The third-order valence-electron chi connectivity index (χ3n) is 4.58. The summed E-state index contributed by atoms with van der Waals surface area (Å²) in [5, 5.41) is 3.63. The van der Waals surface area contributed by atoms with Crippen LogP contribution in [0.25, 0.3) is 0 Å². The van der Waals surface area contributed by atoms with Gasteiger partial charge in [-0.3, -0.25) is 4.79 Å². The third kappa shape index (κ3) is 2.29. The van der Waals surface area contributed by atoms with Crippen LogP contribution in [0.5, 0.6) is 0 Å². The summed E-state index contributed by atoms with van der Waals surface area (Å²) in [6.07, 6.45) is 6.30. The molecule has 0 spiro atoms. The fourth-order valence-corrected chi connectivity index (χ4v) is 3.61. The van der Waals surface area contributed by atoms with E-state index in [0.29, 0.717) is 23.7 Å². The van der Waals surface area contributed by atoms with Gasteiger partial charge in [0, 0.05) is 24.7 Å². The van der Waals surface area contributed by atoms with Gasteiger partial charge in [-0.25, -0.2) is 0 Å². The Balaban J connectivity index is 1.77. The minimum absolute atomic E-state index is 0.125. The fraction of sp³-hybridized carbons (Fsp3) is 0.667. The van der Waals surface area contributed by atoms with E-state index >= 15 is 0 Å². The summed E-state index contributed by atoms with van der Waals surface area (Å²) in [5.74, 6) is 0.848. The van der Waals surface area contributed by atoms with Crippen molar-refractivity contribution in [2.24, 2.45) is 0 Å². The molecular formula is C15H22N2O2. The van der Waals surface area contributed by atoms with Crippen LogP contribution in [-0.2, 0) is 0 Å². The van der Waals surface area contributed by atoms with E-state index in [2.05, 4.69) is 12.2 Å². The second-order valence-corrected chi connectivity index (χ2v) is 5.74. The number of piperidine rings is 1. The molecule has 3 heterocycles. The minimum atomic E-state index is 0.125. The zero-order valence-corrected chi connectivity index (χ0v) is 11.7. The molecular weight excluding hydrogens is 240 g/mol. The van der Waals surface area contributed by atoms with Gasteiger partial charge in [-0.2, -0.15) is 0 Å². The molecule has 1 aromatic heterocycles. The summed E-state index contributed by atoms with van der Waals surface area (Å²) in [5.41, 5.74) is 0.715. The SMILES string of the molecule is CCN(C(=O)c1ccoc1C)C1CC2CCC(C1)N2. The average molecular weight is 262 g/mol. The Morgan fingerprint density at radius 1 is 1.42 bits per heavy atom. The molecule has 1 amide bonds. The molecule has 2 fully saturated rings. The molecule has 2 atom stereocenters. The number of furan rings is 1. The normalized spacial score (nSPS) is 29.5. The molecule has 4 nitrogen and oxygen atoms in total. The van der Waals surface area contributed by atoms with Crippen molar-refractivity contribution in [2.45, 2.75) is 57.7 Å². The maximum Gasteiger partial charge on any atom is 0.257 e. The Morgan fingerprint density at radius 3 is 2.63 bits per heavy atom. The van der Waals surface area contributed by atoms with E-state index in [9.17, 15) is 4.79 Å². The van der Waals surface area contributed by atoms with Crippen LogP contribution in [0.15, 0.2) is 16.7 Å². The molecule has 2 aliphatic heterocycles. The molecule has 2 saturated heterocycles. The van der Waals surface area contributed by atoms with Gasteiger partial charge in [0.05, 0.1) is 11.8 Å². The van der Waals surface area contributed by atoms with Crippen LogP contribution in [-0.4, -0.2) is 35.5 Å². The predicted molar refractivity (Wildman–Crippen MR) is 73.1 cm³/mol. The molecule has 1 N–H and O–H groups in total. The van der Waals surface area contributed by atoms with Crippen LogP contribution in [0.4, 0.5) is 0 Å². The Hall–Kier alpha value is -1.29. The molecule has 0 aliphatic carbocycles. The van der Waals surface area contributed by atoms with Gasteiger partial charge in [-0.05, 0) is 45.6 Å². The van der Waals surface area contributed by atoms with Crippen LogP contribution in [0.2, 0.25) is 0 Å². The molecule has 3 rings (SSSR count). The van der Waals surface area contributed by atoms with E-state index < -0.39 is 0 Å². The summed E-state index contributed by atoms with van der Waals surface area (Å²) in [6.45, 7) is 4.69.